The third kappa shape index (κ3) is 5.87. The highest BCUT2D eigenvalue weighted by atomic mass is 35.5. The minimum Gasteiger partial charge on any atom is -0.340 e. The van der Waals surface area contributed by atoms with E-state index in [9.17, 15) is 9.59 Å². The van der Waals surface area contributed by atoms with E-state index in [0.29, 0.717) is 43.3 Å². The van der Waals surface area contributed by atoms with Gasteiger partial charge >= 0.3 is 0 Å². The predicted octanol–water partition coefficient (Wildman–Crippen LogP) is 2.44. The Balaban J connectivity index is 0.00000225. The van der Waals surface area contributed by atoms with E-state index in [2.05, 4.69) is 5.32 Å². The molecule has 1 N–H and O–H groups in total. The number of nitrogens with zero attached hydrogens (tertiary/aromatic N) is 2. The van der Waals surface area contributed by atoms with Crippen molar-refractivity contribution in [2.75, 3.05) is 39.3 Å². The van der Waals surface area contributed by atoms with Gasteiger partial charge in [0.2, 0.25) is 5.91 Å². The highest BCUT2D eigenvalue weighted by molar-refractivity contribution is 6.30. The molecule has 1 saturated heterocycles. The highest BCUT2D eigenvalue weighted by Crippen LogP contribution is 2.27. The summed E-state index contributed by atoms with van der Waals surface area (Å²) in [6.07, 6.45) is 3.37. The van der Waals surface area contributed by atoms with Crippen LogP contribution < -0.4 is 5.32 Å². The van der Waals surface area contributed by atoms with Crippen LogP contribution in [0.5, 0.6) is 0 Å². The zero-order valence-electron chi connectivity index (χ0n) is 14.2. The van der Waals surface area contributed by atoms with E-state index in [1.54, 1.807) is 24.3 Å². The smallest absolute Gasteiger partial charge is 0.253 e. The number of carbonyl (C=O) groups excluding carboxylic acids is 2. The molecule has 1 aliphatic carbocycles. The number of carbonyl (C=O) groups is 2. The molecular formula is C18H25Cl2N3O2. The summed E-state index contributed by atoms with van der Waals surface area (Å²) in [5.41, 5.74) is 0.605. The summed E-state index contributed by atoms with van der Waals surface area (Å²) >= 11 is 5.97. The molecule has 1 aliphatic heterocycles. The first kappa shape index (κ1) is 20.0. The van der Waals surface area contributed by atoms with Gasteiger partial charge in [-0.15, -0.1) is 12.4 Å². The lowest BCUT2D eigenvalue weighted by Gasteiger charge is -2.22. The molecule has 5 nitrogen and oxygen atoms in total. The van der Waals surface area contributed by atoms with Crippen LogP contribution in [0.2, 0.25) is 5.02 Å². The number of hydrogen-bond acceptors (Lipinski definition) is 3. The summed E-state index contributed by atoms with van der Waals surface area (Å²) in [6.45, 7) is 3.89. The van der Waals surface area contributed by atoms with Crippen molar-refractivity contribution in [3.05, 3.63) is 34.9 Å². The summed E-state index contributed by atoms with van der Waals surface area (Å²) in [6, 6.07) is 7.02. The molecule has 0 radical (unpaired) electrons. The van der Waals surface area contributed by atoms with Crippen LogP contribution in [-0.4, -0.2) is 60.9 Å². The number of halogens is 2. The van der Waals surface area contributed by atoms with Gasteiger partial charge in [-0.25, -0.2) is 0 Å². The van der Waals surface area contributed by atoms with Crippen molar-refractivity contribution in [2.24, 2.45) is 5.92 Å². The monoisotopic (exact) mass is 385 g/mol. The Labute approximate surface area is 160 Å². The second-order valence-electron chi connectivity index (χ2n) is 6.61. The van der Waals surface area contributed by atoms with Gasteiger partial charge in [-0.3, -0.25) is 9.59 Å². The molecule has 0 unspecified atom stereocenters. The van der Waals surface area contributed by atoms with E-state index in [1.165, 1.54) is 12.8 Å². The summed E-state index contributed by atoms with van der Waals surface area (Å²) in [5, 5.41) is 3.81. The molecule has 1 saturated carbocycles. The molecule has 2 amide bonds. The molecule has 0 atom stereocenters. The first-order valence-corrected chi connectivity index (χ1v) is 9.04. The van der Waals surface area contributed by atoms with Crippen molar-refractivity contribution < 1.29 is 9.59 Å². The van der Waals surface area contributed by atoms with Gasteiger partial charge in [-0.05, 0) is 49.9 Å². The first-order chi connectivity index (χ1) is 11.6. The predicted molar refractivity (Wildman–Crippen MR) is 101 cm³/mol. The molecular weight excluding hydrogens is 361 g/mol. The van der Waals surface area contributed by atoms with Crippen LogP contribution in [-0.2, 0) is 4.79 Å². The molecule has 1 aromatic carbocycles. The lowest BCUT2D eigenvalue weighted by atomic mass is 10.2. The standard InChI is InChI=1S/C18H24ClN3O2.ClH/c19-16-4-1-3-15(11-16)18(24)22-8-2-7-21(9-10-22)17(23)13-20-12-14-5-6-14;/h1,3-4,11,14,20H,2,5-10,12-13H2;1H. The minimum absolute atomic E-state index is 0. The Hall–Kier alpha value is -1.30. The van der Waals surface area contributed by atoms with E-state index in [4.69, 9.17) is 11.6 Å². The molecule has 2 aliphatic rings. The third-order valence-corrected chi connectivity index (χ3v) is 4.85. The van der Waals surface area contributed by atoms with Crippen LogP contribution in [0.3, 0.4) is 0 Å². The number of rotatable bonds is 5. The second kappa shape index (κ2) is 9.41. The van der Waals surface area contributed by atoms with Gasteiger partial charge in [-0.1, -0.05) is 17.7 Å². The van der Waals surface area contributed by atoms with Gasteiger partial charge < -0.3 is 15.1 Å². The maximum atomic E-state index is 12.6. The Morgan fingerprint density at radius 2 is 1.84 bits per heavy atom. The Bertz CT molecular complexity index is 608. The average molecular weight is 386 g/mol. The molecule has 138 valence electrons. The van der Waals surface area contributed by atoms with Crippen LogP contribution in [0.15, 0.2) is 24.3 Å². The molecule has 1 aromatic rings. The van der Waals surface area contributed by atoms with E-state index in [-0.39, 0.29) is 24.2 Å². The van der Waals surface area contributed by atoms with Gasteiger partial charge in [-0.2, -0.15) is 0 Å². The Kier molecular flexibility index (Phi) is 7.54. The highest BCUT2D eigenvalue weighted by Gasteiger charge is 2.24. The van der Waals surface area contributed by atoms with Crippen molar-refractivity contribution in [3.63, 3.8) is 0 Å². The molecule has 0 aromatic heterocycles. The van der Waals surface area contributed by atoms with Gasteiger partial charge in [0.1, 0.15) is 0 Å². The molecule has 7 heteroatoms. The van der Waals surface area contributed by atoms with Crippen LogP contribution in [0.25, 0.3) is 0 Å². The molecule has 0 spiro atoms. The van der Waals surface area contributed by atoms with E-state index in [1.807, 2.05) is 9.80 Å². The van der Waals surface area contributed by atoms with Gasteiger partial charge in [0.25, 0.3) is 5.91 Å². The van der Waals surface area contributed by atoms with Crippen molar-refractivity contribution >= 4 is 35.8 Å². The Morgan fingerprint density at radius 3 is 2.56 bits per heavy atom. The molecule has 0 bridgehead atoms. The van der Waals surface area contributed by atoms with E-state index < -0.39 is 0 Å². The Morgan fingerprint density at radius 1 is 1.12 bits per heavy atom. The maximum Gasteiger partial charge on any atom is 0.253 e. The number of amides is 2. The van der Waals surface area contributed by atoms with Gasteiger partial charge in [0.05, 0.1) is 6.54 Å². The lowest BCUT2D eigenvalue weighted by Crippen LogP contribution is -2.41. The minimum atomic E-state index is -0.0151. The third-order valence-electron chi connectivity index (χ3n) is 4.61. The largest absolute Gasteiger partial charge is 0.340 e. The van der Waals surface area contributed by atoms with E-state index in [0.717, 1.165) is 18.9 Å². The van der Waals surface area contributed by atoms with Gasteiger partial charge in [0.15, 0.2) is 0 Å². The fraction of sp³-hybridized carbons (Fsp3) is 0.556. The molecule has 2 fully saturated rings. The number of hydrogen-bond donors (Lipinski definition) is 1. The SMILES string of the molecule is Cl.O=C(CNCC1CC1)N1CCCN(C(=O)c2cccc(Cl)c2)CC1. The summed E-state index contributed by atoms with van der Waals surface area (Å²) in [7, 11) is 0. The average Bonchev–Trinajstić information content (AvgIpc) is 3.40. The van der Waals surface area contributed by atoms with Crippen molar-refractivity contribution in [1.29, 1.82) is 0 Å². The zero-order valence-corrected chi connectivity index (χ0v) is 15.8. The van der Waals surface area contributed by atoms with Crippen LogP contribution >= 0.6 is 24.0 Å². The summed E-state index contributed by atoms with van der Waals surface area (Å²) in [5.74, 6) is 0.888. The fourth-order valence-corrected chi connectivity index (χ4v) is 3.18. The maximum absolute atomic E-state index is 12.6. The van der Waals surface area contributed by atoms with Crippen molar-refractivity contribution in [3.8, 4) is 0 Å². The summed E-state index contributed by atoms with van der Waals surface area (Å²) < 4.78 is 0. The fourth-order valence-electron chi connectivity index (χ4n) is 2.99. The topological polar surface area (TPSA) is 52.7 Å². The van der Waals surface area contributed by atoms with Crippen molar-refractivity contribution in [2.45, 2.75) is 19.3 Å². The van der Waals surface area contributed by atoms with Crippen LogP contribution in [0.4, 0.5) is 0 Å². The molecule has 3 rings (SSSR count). The zero-order chi connectivity index (χ0) is 16.9. The van der Waals surface area contributed by atoms with Gasteiger partial charge in [0, 0.05) is 36.8 Å². The molecule has 25 heavy (non-hydrogen) atoms. The summed E-state index contributed by atoms with van der Waals surface area (Å²) in [4.78, 5) is 28.6. The van der Waals surface area contributed by atoms with Crippen LogP contribution in [0, 0.1) is 5.92 Å². The van der Waals surface area contributed by atoms with Crippen LogP contribution in [0.1, 0.15) is 29.6 Å². The van der Waals surface area contributed by atoms with Crippen molar-refractivity contribution in [1.82, 2.24) is 15.1 Å². The molecule has 1 heterocycles. The van der Waals surface area contributed by atoms with E-state index >= 15 is 0 Å². The number of nitrogens with one attached hydrogen (secondary N) is 1. The first-order valence-electron chi connectivity index (χ1n) is 8.67. The lowest BCUT2D eigenvalue weighted by molar-refractivity contribution is -0.130. The quantitative estimate of drug-likeness (QED) is 0.846. The second-order valence-corrected chi connectivity index (χ2v) is 7.05. The normalized spacial score (nSPS) is 17.6. The number of benzene rings is 1.